The summed E-state index contributed by atoms with van der Waals surface area (Å²) in [6.45, 7) is 1.38. The summed E-state index contributed by atoms with van der Waals surface area (Å²) in [4.78, 5) is 19.2. The van der Waals surface area contributed by atoms with E-state index in [4.69, 9.17) is 4.74 Å². The minimum Gasteiger partial charge on any atom is -0.480 e. The predicted molar refractivity (Wildman–Crippen MR) is 122 cm³/mol. The van der Waals surface area contributed by atoms with Crippen LogP contribution in [0.25, 0.3) is 22.2 Å². The maximum absolute atomic E-state index is 14.1. The lowest BCUT2D eigenvalue weighted by atomic mass is 10.1. The minimum absolute atomic E-state index is 0.0345. The van der Waals surface area contributed by atoms with E-state index in [0.717, 1.165) is 12.1 Å². The second-order valence-electron chi connectivity index (χ2n) is 7.34. The van der Waals surface area contributed by atoms with Crippen molar-refractivity contribution in [1.82, 2.24) is 14.5 Å². The van der Waals surface area contributed by atoms with Crippen molar-refractivity contribution in [3.63, 3.8) is 0 Å². The Morgan fingerprint density at radius 2 is 1.85 bits per heavy atom. The number of carbonyl (C=O) groups is 1. The molecule has 2 aromatic heterocycles. The van der Waals surface area contributed by atoms with Crippen molar-refractivity contribution < 1.29 is 26.7 Å². The first-order valence-corrected chi connectivity index (χ1v) is 11.3. The third kappa shape index (κ3) is 4.39. The van der Waals surface area contributed by atoms with Gasteiger partial charge >= 0.3 is 0 Å². The Bertz CT molecular complexity index is 1540. The van der Waals surface area contributed by atoms with Gasteiger partial charge < -0.3 is 9.30 Å². The van der Waals surface area contributed by atoms with Crippen LogP contribution in [-0.4, -0.2) is 36.0 Å². The molecule has 0 saturated heterocycles. The largest absolute Gasteiger partial charge is 0.480 e. The number of hydrogen-bond donors (Lipinski definition) is 2. The molecule has 0 radical (unpaired) electrons. The molecule has 4 aromatic rings. The highest BCUT2D eigenvalue weighted by Crippen LogP contribution is 2.32. The number of methoxy groups -OCH3 is 1. The zero-order valence-corrected chi connectivity index (χ0v) is 19.1. The number of hydrogen-bond acceptors (Lipinski definition) is 6. The zero-order valence-electron chi connectivity index (χ0n) is 18.3. The van der Waals surface area contributed by atoms with Crippen molar-refractivity contribution in [1.29, 1.82) is 0 Å². The number of benzene rings is 2. The van der Waals surface area contributed by atoms with Gasteiger partial charge in [0, 0.05) is 31.8 Å². The van der Waals surface area contributed by atoms with Gasteiger partial charge in [0.2, 0.25) is 17.7 Å². The number of halogens is 2. The van der Waals surface area contributed by atoms with E-state index in [-0.39, 0.29) is 17.5 Å². The second-order valence-corrected chi connectivity index (χ2v) is 8.99. The summed E-state index contributed by atoms with van der Waals surface area (Å²) < 4.78 is 61.9. The Kier molecular flexibility index (Phi) is 5.92. The average Bonchev–Trinajstić information content (AvgIpc) is 3.07. The van der Waals surface area contributed by atoms with Crippen molar-refractivity contribution in [2.24, 2.45) is 7.05 Å². The van der Waals surface area contributed by atoms with Crippen LogP contribution in [0.15, 0.2) is 53.6 Å². The highest BCUT2D eigenvalue weighted by molar-refractivity contribution is 7.92. The van der Waals surface area contributed by atoms with Gasteiger partial charge in [-0.15, -0.1) is 0 Å². The molecule has 0 aliphatic rings. The monoisotopic (exact) mass is 487 g/mol. The van der Waals surface area contributed by atoms with Gasteiger partial charge in [0.1, 0.15) is 22.2 Å². The standard InChI is InChI=1S/C22H19F2N5O4S/c1-12(30)26-22-27-17-6-4-13(9-19(17)29(22)2)14-8-18(21(33-3)25-11-14)28-34(31,32)20-7-5-15(23)10-16(20)24/h4-11,28H,1-3H3,(H,26,27,30). The van der Waals surface area contributed by atoms with Crippen molar-refractivity contribution >= 4 is 38.6 Å². The second kappa shape index (κ2) is 8.71. The number of pyridine rings is 1. The molecule has 0 bridgehead atoms. The first-order chi connectivity index (χ1) is 16.1. The quantitative estimate of drug-likeness (QED) is 0.429. The Balaban J connectivity index is 1.74. The summed E-state index contributed by atoms with van der Waals surface area (Å²) in [5.74, 6) is -2.05. The number of aromatic nitrogens is 3. The molecule has 4 rings (SSSR count). The zero-order chi connectivity index (χ0) is 24.6. The molecule has 34 heavy (non-hydrogen) atoms. The molecular formula is C22H19F2N5O4S. The van der Waals surface area contributed by atoms with E-state index in [1.807, 2.05) is 0 Å². The summed E-state index contributed by atoms with van der Waals surface area (Å²) in [7, 11) is -1.36. The van der Waals surface area contributed by atoms with Gasteiger partial charge in [-0.25, -0.2) is 27.2 Å². The maximum Gasteiger partial charge on any atom is 0.264 e. The summed E-state index contributed by atoms with van der Waals surface area (Å²) in [6, 6.07) is 8.96. The molecule has 0 aliphatic heterocycles. The summed E-state index contributed by atoms with van der Waals surface area (Å²) in [5.41, 5.74) is 2.53. The van der Waals surface area contributed by atoms with Crippen LogP contribution in [0.1, 0.15) is 6.92 Å². The van der Waals surface area contributed by atoms with Crippen LogP contribution in [0.3, 0.4) is 0 Å². The molecule has 0 spiro atoms. The summed E-state index contributed by atoms with van der Waals surface area (Å²) >= 11 is 0. The van der Waals surface area contributed by atoms with Gasteiger partial charge in [0.15, 0.2) is 0 Å². The van der Waals surface area contributed by atoms with Crippen molar-refractivity contribution in [3.05, 3.63) is 60.3 Å². The van der Waals surface area contributed by atoms with Gasteiger partial charge in [-0.2, -0.15) is 0 Å². The molecule has 0 fully saturated rings. The number of anilines is 2. The van der Waals surface area contributed by atoms with E-state index in [1.165, 1.54) is 26.3 Å². The fraction of sp³-hybridized carbons (Fsp3) is 0.136. The molecule has 12 heteroatoms. The van der Waals surface area contributed by atoms with Crippen molar-refractivity contribution in [3.8, 4) is 17.0 Å². The van der Waals surface area contributed by atoms with E-state index in [1.54, 1.807) is 29.8 Å². The number of carbonyl (C=O) groups excluding carboxylic acids is 1. The smallest absolute Gasteiger partial charge is 0.264 e. The first-order valence-electron chi connectivity index (χ1n) is 9.85. The van der Waals surface area contributed by atoms with E-state index in [0.29, 0.717) is 34.2 Å². The lowest BCUT2D eigenvalue weighted by molar-refractivity contribution is -0.114. The fourth-order valence-corrected chi connectivity index (χ4v) is 4.49. The summed E-state index contributed by atoms with van der Waals surface area (Å²) in [5, 5.41) is 2.65. The molecule has 2 heterocycles. The van der Waals surface area contributed by atoms with Gasteiger partial charge in [-0.1, -0.05) is 6.07 Å². The normalized spacial score (nSPS) is 11.4. The predicted octanol–water partition coefficient (Wildman–Crippen LogP) is 3.68. The molecule has 1 amide bonds. The number of nitrogens with zero attached hydrogens (tertiary/aromatic N) is 3. The van der Waals surface area contributed by atoms with Gasteiger partial charge in [0.05, 0.1) is 18.1 Å². The molecule has 0 unspecified atom stereocenters. The number of aryl methyl sites for hydroxylation is 1. The van der Waals surface area contributed by atoms with Crippen LogP contribution in [0, 0.1) is 11.6 Å². The molecular weight excluding hydrogens is 468 g/mol. The Morgan fingerprint density at radius 3 is 2.53 bits per heavy atom. The number of rotatable bonds is 6. The minimum atomic E-state index is -4.41. The van der Waals surface area contributed by atoms with Crippen molar-refractivity contribution in [2.75, 3.05) is 17.1 Å². The van der Waals surface area contributed by atoms with Crippen molar-refractivity contribution in [2.45, 2.75) is 11.8 Å². The third-order valence-corrected chi connectivity index (χ3v) is 6.37. The topological polar surface area (TPSA) is 115 Å². The number of sulfonamides is 1. The van der Waals surface area contributed by atoms with Crippen LogP contribution >= 0.6 is 0 Å². The van der Waals surface area contributed by atoms with Crippen LogP contribution in [0.4, 0.5) is 20.4 Å². The Hall–Kier alpha value is -4.06. The van der Waals surface area contributed by atoms with E-state index < -0.39 is 26.6 Å². The maximum atomic E-state index is 14.1. The molecule has 0 saturated carbocycles. The first kappa shape index (κ1) is 23.1. The average molecular weight is 487 g/mol. The molecule has 9 nitrogen and oxygen atoms in total. The summed E-state index contributed by atoms with van der Waals surface area (Å²) in [6.07, 6.45) is 1.49. The Labute approximate surface area is 193 Å². The number of nitrogens with one attached hydrogen (secondary N) is 2. The van der Waals surface area contributed by atoms with E-state index >= 15 is 0 Å². The highest BCUT2D eigenvalue weighted by atomic mass is 32.2. The van der Waals surface area contributed by atoms with Crippen LogP contribution in [-0.2, 0) is 21.9 Å². The van der Waals surface area contributed by atoms with E-state index in [2.05, 4.69) is 20.0 Å². The van der Waals surface area contributed by atoms with Crippen LogP contribution < -0.4 is 14.8 Å². The van der Waals surface area contributed by atoms with Gasteiger partial charge in [0.25, 0.3) is 10.0 Å². The molecule has 2 N–H and O–H groups in total. The third-order valence-electron chi connectivity index (χ3n) is 4.97. The van der Waals surface area contributed by atoms with Gasteiger partial charge in [-0.3, -0.25) is 14.8 Å². The lowest BCUT2D eigenvalue weighted by Gasteiger charge is -2.13. The van der Waals surface area contributed by atoms with Crippen LogP contribution in [0.5, 0.6) is 5.88 Å². The SMILES string of the molecule is COc1ncc(-c2ccc3nc(NC(C)=O)n(C)c3c2)cc1NS(=O)(=O)c1ccc(F)cc1F. The lowest BCUT2D eigenvalue weighted by Crippen LogP contribution is -2.15. The van der Waals surface area contributed by atoms with E-state index in [9.17, 15) is 22.0 Å². The molecule has 0 aliphatic carbocycles. The Morgan fingerprint density at radius 1 is 1.09 bits per heavy atom. The number of amides is 1. The van der Waals surface area contributed by atoms with Crippen LogP contribution in [0.2, 0.25) is 0 Å². The molecule has 2 aromatic carbocycles. The van der Waals surface area contributed by atoms with Gasteiger partial charge in [-0.05, 0) is 35.9 Å². The highest BCUT2D eigenvalue weighted by Gasteiger charge is 2.22. The fourth-order valence-electron chi connectivity index (χ4n) is 3.38. The number of imidazole rings is 1. The molecule has 176 valence electrons. The number of fused-ring (bicyclic) bond motifs is 1. The molecule has 0 atom stereocenters. The number of ether oxygens (including phenoxy) is 1.